The molecule has 0 radical (unpaired) electrons. The summed E-state index contributed by atoms with van der Waals surface area (Å²) in [6, 6.07) is 15.4. The summed E-state index contributed by atoms with van der Waals surface area (Å²) in [7, 11) is 0. The molecule has 1 aromatic carbocycles. The molecule has 2 aliphatic rings. The van der Waals surface area contributed by atoms with E-state index < -0.39 is 0 Å². The van der Waals surface area contributed by atoms with E-state index in [2.05, 4.69) is 4.98 Å². The van der Waals surface area contributed by atoms with E-state index in [0.29, 0.717) is 18.7 Å². The molecule has 128 valence electrons. The lowest BCUT2D eigenvalue weighted by molar-refractivity contribution is -0.120. The molecule has 2 fully saturated rings. The normalized spacial score (nSPS) is 22.8. The summed E-state index contributed by atoms with van der Waals surface area (Å²) >= 11 is 0. The van der Waals surface area contributed by atoms with E-state index in [1.807, 2.05) is 59.2 Å². The number of fused-ring (bicyclic) bond motifs is 1. The Balaban J connectivity index is 1.61. The highest BCUT2D eigenvalue weighted by Crippen LogP contribution is 2.35. The lowest BCUT2D eigenvalue weighted by atomic mass is 9.95. The van der Waals surface area contributed by atoms with Crippen LogP contribution in [0.5, 0.6) is 0 Å². The zero-order chi connectivity index (χ0) is 17.4. The molecule has 0 N–H and O–H groups in total. The van der Waals surface area contributed by atoms with Crippen LogP contribution in [0.2, 0.25) is 0 Å². The van der Waals surface area contributed by atoms with Crippen LogP contribution >= 0.6 is 0 Å². The highest BCUT2D eigenvalue weighted by Gasteiger charge is 2.45. The van der Waals surface area contributed by atoms with Crippen molar-refractivity contribution in [1.29, 1.82) is 0 Å². The van der Waals surface area contributed by atoms with Gasteiger partial charge >= 0.3 is 0 Å². The molecule has 0 bridgehead atoms. The number of pyridine rings is 1. The van der Waals surface area contributed by atoms with Crippen molar-refractivity contribution in [2.24, 2.45) is 0 Å². The number of carbonyl (C=O) groups excluding carboxylic acids is 2. The third-order valence-corrected chi connectivity index (χ3v) is 5.17. The number of likely N-dealkylation sites (tertiary alicyclic amines) is 1. The molecule has 3 heterocycles. The van der Waals surface area contributed by atoms with Crippen molar-refractivity contribution < 1.29 is 9.59 Å². The highest BCUT2D eigenvalue weighted by molar-refractivity contribution is 5.97. The van der Waals surface area contributed by atoms with Gasteiger partial charge in [-0.05, 0) is 44.0 Å². The number of nitrogens with zero attached hydrogens (tertiary/aromatic N) is 3. The average Bonchev–Trinajstić information content (AvgIpc) is 3.05. The first kappa shape index (κ1) is 15.8. The molecule has 0 spiro atoms. The Kier molecular flexibility index (Phi) is 3.99. The fraction of sp³-hybridized carbons (Fsp3) is 0.350. The van der Waals surface area contributed by atoms with Crippen LogP contribution in [-0.4, -0.2) is 40.3 Å². The monoisotopic (exact) mass is 335 g/mol. The Morgan fingerprint density at radius 2 is 1.84 bits per heavy atom. The molecule has 5 heteroatoms. The number of piperidine rings is 1. The first-order chi connectivity index (χ1) is 12.1. The van der Waals surface area contributed by atoms with E-state index >= 15 is 0 Å². The number of para-hydroxylation sites is 1. The van der Waals surface area contributed by atoms with Gasteiger partial charge in [-0.15, -0.1) is 0 Å². The maximum atomic E-state index is 12.9. The maximum Gasteiger partial charge on any atom is 0.272 e. The van der Waals surface area contributed by atoms with Crippen molar-refractivity contribution in [2.75, 3.05) is 11.4 Å². The first-order valence-electron chi connectivity index (χ1n) is 8.77. The van der Waals surface area contributed by atoms with E-state index in [-0.39, 0.29) is 23.9 Å². The Bertz CT molecular complexity index is 806. The number of hydrogen-bond acceptors (Lipinski definition) is 3. The van der Waals surface area contributed by atoms with Crippen LogP contribution in [0.4, 0.5) is 5.69 Å². The second-order valence-electron chi connectivity index (χ2n) is 6.72. The van der Waals surface area contributed by atoms with Gasteiger partial charge in [-0.3, -0.25) is 9.59 Å². The van der Waals surface area contributed by atoms with Crippen molar-refractivity contribution in [3.8, 4) is 0 Å². The number of aryl methyl sites for hydroxylation is 1. The molecule has 5 nitrogen and oxygen atoms in total. The van der Waals surface area contributed by atoms with Gasteiger partial charge in [0.2, 0.25) is 5.91 Å². The number of carbonyl (C=O) groups is 2. The molecule has 4 rings (SSSR count). The van der Waals surface area contributed by atoms with Crippen LogP contribution in [0.3, 0.4) is 0 Å². The third-order valence-electron chi connectivity index (χ3n) is 5.17. The summed E-state index contributed by atoms with van der Waals surface area (Å²) in [4.78, 5) is 33.7. The van der Waals surface area contributed by atoms with Crippen LogP contribution in [0.25, 0.3) is 0 Å². The van der Waals surface area contributed by atoms with Gasteiger partial charge in [-0.1, -0.05) is 24.3 Å². The Hall–Kier alpha value is -2.69. The van der Waals surface area contributed by atoms with E-state index in [0.717, 1.165) is 24.2 Å². The molecule has 2 atom stereocenters. The van der Waals surface area contributed by atoms with Gasteiger partial charge in [0, 0.05) is 24.3 Å². The van der Waals surface area contributed by atoms with Crippen LogP contribution in [0.15, 0.2) is 48.5 Å². The standard InChI is InChI=1S/C20H21N3O2/c1-14-6-5-9-16(21-14)20(25)22-13-12-18-17(22)10-11-19(24)23(18)15-7-3-2-4-8-15/h2-9,17-18H,10-13H2,1H3/t17-,18-/m1/s1. The average molecular weight is 335 g/mol. The number of rotatable bonds is 2. The zero-order valence-corrected chi connectivity index (χ0v) is 14.3. The molecular formula is C20H21N3O2. The molecule has 25 heavy (non-hydrogen) atoms. The summed E-state index contributed by atoms with van der Waals surface area (Å²) in [6.45, 7) is 2.56. The van der Waals surface area contributed by atoms with Gasteiger partial charge in [0.25, 0.3) is 5.91 Å². The van der Waals surface area contributed by atoms with Gasteiger partial charge in [0.05, 0.1) is 12.1 Å². The van der Waals surface area contributed by atoms with Gasteiger partial charge in [0.15, 0.2) is 0 Å². The molecular weight excluding hydrogens is 314 g/mol. The fourth-order valence-electron chi connectivity index (χ4n) is 4.05. The van der Waals surface area contributed by atoms with Crippen molar-refractivity contribution in [3.63, 3.8) is 0 Å². The highest BCUT2D eigenvalue weighted by atomic mass is 16.2. The number of hydrogen-bond donors (Lipinski definition) is 0. The summed E-state index contributed by atoms with van der Waals surface area (Å²) in [5.41, 5.74) is 2.25. The molecule has 0 saturated carbocycles. The fourth-order valence-corrected chi connectivity index (χ4v) is 4.05. The largest absolute Gasteiger partial charge is 0.332 e. The van der Waals surface area contributed by atoms with Crippen LogP contribution in [0, 0.1) is 6.92 Å². The van der Waals surface area contributed by atoms with Crippen molar-refractivity contribution in [2.45, 2.75) is 38.3 Å². The maximum absolute atomic E-state index is 12.9. The van der Waals surface area contributed by atoms with Gasteiger partial charge < -0.3 is 9.80 Å². The zero-order valence-electron chi connectivity index (χ0n) is 14.3. The van der Waals surface area contributed by atoms with Crippen LogP contribution in [-0.2, 0) is 4.79 Å². The summed E-state index contributed by atoms with van der Waals surface area (Å²) < 4.78 is 0. The quantitative estimate of drug-likeness (QED) is 0.848. The second kappa shape index (κ2) is 6.31. The van der Waals surface area contributed by atoms with Crippen LogP contribution < -0.4 is 4.90 Å². The molecule has 2 aliphatic heterocycles. The summed E-state index contributed by atoms with van der Waals surface area (Å²) in [5, 5.41) is 0. The Morgan fingerprint density at radius 1 is 1.04 bits per heavy atom. The predicted octanol–water partition coefficient (Wildman–Crippen LogP) is 2.80. The smallest absolute Gasteiger partial charge is 0.272 e. The minimum atomic E-state index is -0.0291. The molecule has 2 saturated heterocycles. The topological polar surface area (TPSA) is 53.5 Å². The molecule has 0 unspecified atom stereocenters. The van der Waals surface area contributed by atoms with Gasteiger partial charge in [0.1, 0.15) is 5.69 Å². The number of benzene rings is 1. The predicted molar refractivity (Wildman–Crippen MR) is 95.4 cm³/mol. The lowest BCUT2D eigenvalue weighted by Crippen LogP contribution is -2.53. The minimum absolute atomic E-state index is 0.0291. The van der Waals surface area contributed by atoms with E-state index in [9.17, 15) is 9.59 Å². The van der Waals surface area contributed by atoms with Gasteiger partial charge in [-0.25, -0.2) is 4.98 Å². The second-order valence-corrected chi connectivity index (χ2v) is 6.72. The molecule has 2 aromatic rings. The van der Waals surface area contributed by atoms with Crippen molar-refractivity contribution in [3.05, 3.63) is 59.9 Å². The minimum Gasteiger partial charge on any atom is -0.332 e. The Labute approximate surface area is 147 Å². The SMILES string of the molecule is Cc1cccc(C(=O)N2CC[C@@H]3[C@H]2CCC(=O)N3c2ccccc2)n1. The summed E-state index contributed by atoms with van der Waals surface area (Å²) in [6.07, 6.45) is 2.01. The third kappa shape index (κ3) is 2.80. The van der Waals surface area contributed by atoms with E-state index in [4.69, 9.17) is 0 Å². The number of anilines is 1. The summed E-state index contributed by atoms with van der Waals surface area (Å²) in [5.74, 6) is 0.119. The van der Waals surface area contributed by atoms with Gasteiger partial charge in [-0.2, -0.15) is 0 Å². The van der Waals surface area contributed by atoms with Crippen LogP contribution in [0.1, 0.15) is 35.4 Å². The Morgan fingerprint density at radius 3 is 2.60 bits per heavy atom. The molecule has 1 aromatic heterocycles. The lowest BCUT2D eigenvalue weighted by Gasteiger charge is -2.39. The van der Waals surface area contributed by atoms with E-state index in [1.54, 1.807) is 6.07 Å². The number of aromatic nitrogens is 1. The number of amides is 2. The molecule has 2 amide bonds. The molecule has 0 aliphatic carbocycles. The van der Waals surface area contributed by atoms with Crippen molar-refractivity contribution >= 4 is 17.5 Å². The first-order valence-corrected chi connectivity index (χ1v) is 8.77. The van der Waals surface area contributed by atoms with Crippen molar-refractivity contribution in [1.82, 2.24) is 9.88 Å². The van der Waals surface area contributed by atoms with E-state index in [1.165, 1.54) is 0 Å².